The lowest BCUT2D eigenvalue weighted by Gasteiger charge is -2.30. The molecule has 2 aliphatic rings. The second kappa shape index (κ2) is 6.75. The molecule has 0 saturated carbocycles. The first-order valence-electron chi connectivity index (χ1n) is 7.37. The van der Waals surface area contributed by atoms with Crippen molar-refractivity contribution in [3.63, 3.8) is 0 Å². The van der Waals surface area contributed by atoms with Crippen molar-refractivity contribution in [3.05, 3.63) is 29.8 Å². The summed E-state index contributed by atoms with van der Waals surface area (Å²) in [5, 5.41) is 0. The molecule has 2 aliphatic heterocycles. The fraction of sp³-hybridized carbons (Fsp3) is 0.600. The van der Waals surface area contributed by atoms with Gasteiger partial charge in [0.2, 0.25) is 5.95 Å². The highest BCUT2D eigenvalue weighted by Gasteiger charge is 2.31. The van der Waals surface area contributed by atoms with Gasteiger partial charge in [0.1, 0.15) is 5.69 Å². The third-order valence-corrected chi connectivity index (χ3v) is 5.11. The van der Waals surface area contributed by atoms with Gasteiger partial charge in [0, 0.05) is 24.9 Å². The number of nitrogens with zero attached hydrogens (tertiary/aromatic N) is 2. The topological polar surface area (TPSA) is 42.4 Å². The molecule has 2 atom stereocenters. The summed E-state index contributed by atoms with van der Waals surface area (Å²) < 4.78 is 18.9. The number of carbonyl (C=O) groups is 1. The predicted octanol–water partition coefficient (Wildman–Crippen LogP) is 2.35. The third-order valence-electron chi connectivity index (χ3n) is 3.97. The molecule has 0 N–H and O–H groups in total. The van der Waals surface area contributed by atoms with Crippen molar-refractivity contribution in [2.45, 2.75) is 31.4 Å². The Kier molecular flexibility index (Phi) is 4.75. The Hall–Kier alpha value is -1.14. The molecule has 114 valence electrons. The molecule has 0 aromatic carbocycles. The van der Waals surface area contributed by atoms with E-state index in [1.165, 1.54) is 12.1 Å². The van der Waals surface area contributed by atoms with Crippen LogP contribution in [0.4, 0.5) is 4.39 Å². The van der Waals surface area contributed by atoms with Crippen LogP contribution in [0.15, 0.2) is 18.2 Å². The van der Waals surface area contributed by atoms with E-state index in [2.05, 4.69) is 4.98 Å². The van der Waals surface area contributed by atoms with Crippen LogP contribution in [0.5, 0.6) is 0 Å². The molecule has 3 rings (SSSR count). The maximum Gasteiger partial charge on any atom is 0.272 e. The monoisotopic (exact) mass is 310 g/mol. The molecule has 1 amide bonds. The van der Waals surface area contributed by atoms with Crippen molar-refractivity contribution >= 4 is 17.7 Å². The van der Waals surface area contributed by atoms with E-state index in [0.717, 1.165) is 37.4 Å². The molecule has 2 saturated heterocycles. The third kappa shape index (κ3) is 3.55. The van der Waals surface area contributed by atoms with Crippen LogP contribution in [-0.4, -0.2) is 52.6 Å². The lowest BCUT2D eigenvalue weighted by Crippen LogP contribution is -2.45. The summed E-state index contributed by atoms with van der Waals surface area (Å²) in [5.41, 5.74) is 0.185. The molecule has 0 aliphatic carbocycles. The van der Waals surface area contributed by atoms with Crippen molar-refractivity contribution in [3.8, 4) is 0 Å². The summed E-state index contributed by atoms with van der Waals surface area (Å²) in [6, 6.07) is 4.57. The molecule has 2 unspecified atom stereocenters. The number of amides is 1. The number of hydrogen-bond acceptors (Lipinski definition) is 4. The largest absolute Gasteiger partial charge is 0.376 e. The molecule has 1 aromatic heterocycles. The van der Waals surface area contributed by atoms with E-state index in [0.29, 0.717) is 6.54 Å². The molecular weight excluding hydrogens is 291 g/mol. The molecule has 0 bridgehead atoms. The van der Waals surface area contributed by atoms with Crippen LogP contribution in [0.25, 0.3) is 0 Å². The normalized spacial score (nSPS) is 25.2. The Labute approximate surface area is 128 Å². The van der Waals surface area contributed by atoms with E-state index in [1.54, 1.807) is 6.07 Å². The number of carbonyl (C=O) groups excluding carboxylic acids is 1. The van der Waals surface area contributed by atoms with Crippen molar-refractivity contribution in [1.82, 2.24) is 9.88 Å². The van der Waals surface area contributed by atoms with Crippen molar-refractivity contribution in [1.29, 1.82) is 0 Å². The van der Waals surface area contributed by atoms with E-state index in [-0.39, 0.29) is 23.7 Å². The average molecular weight is 310 g/mol. The summed E-state index contributed by atoms with van der Waals surface area (Å²) in [6.07, 6.45) is 3.12. The first-order valence-corrected chi connectivity index (χ1v) is 8.52. The van der Waals surface area contributed by atoms with Gasteiger partial charge in [-0.15, -0.1) is 0 Å². The molecule has 21 heavy (non-hydrogen) atoms. The molecule has 6 heteroatoms. The second-order valence-electron chi connectivity index (χ2n) is 5.46. The van der Waals surface area contributed by atoms with Crippen molar-refractivity contribution in [2.24, 2.45) is 0 Å². The number of rotatable bonds is 4. The van der Waals surface area contributed by atoms with Crippen molar-refractivity contribution in [2.75, 3.05) is 24.7 Å². The molecular formula is C15H19FN2O2S. The van der Waals surface area contributed by atoms with Gasteiger partial charge < -0.3 is 9.64 Å². The Morgan fingerprint density at radius 1 is 1.48 bits per heavy atom. The Balaban J connectivity index is 1.77. The van der Waals surface area contributed by atoms with Gasteiger partial charge in [-0.25, -0.2) is 4.98 Å². The van der Waals surface area contributed by atoms with E-state index >= 15 is 0 Å². The summed E-state index contributed by atoms with van der Waals surface area (Å²) >= 11 is 1.85. The van der Waals surface area contributed by atoms with Crippen LogP contribution in [0.1, 0.15) is 29.8 Å². The Morgan fingerprint density at radius 2 is 2.38 bits per heavy atom. The summed E-state index contributed by atoms with van der Waals surface area (Å²) in [6.45, 7) is 1.35. The zero-order valence-corrected chi connectivity index (χ0v) is 12.7. The van der Waals surface area contributed by atoms with Crippen LogP contribution < -0.4 is 0 Å². The number of pyridine rings is 1. The maximum absolute atomic E-state index is 13.3. The standard InChI is InChI=1S/C15H19FN2O2S/c16-14-5-1-4-13(17-14)15(19)18(11-6-8-21-10-11)9-12-3-2-7-20-12/h1,4-5,11-12H,2-3,6-10H2. The maximum atomic E-state index is 13.3. The second-order valence-corrected chi connectivity index (χ2v) is 6.61. The fourth-order valence-corrected chi connectivity index (χ4v) is 4.07. The number of ether oxygens (including phenoxy) is 1. The van der Waals surface area contributed by atoms with E-state index < -0.39 is 5.95 Å². The SMILES string of the molecule is O=C(c1cccc(F)n1)N(CC1CCCO1)C1CCSC1. The number of hydrogen-bond donors (Lipinski definition) is 0. The van der Waals surface area contributed by atoms with Gasteiger partial charge in [-0.05, 0) is 37.1 Å². The molecule has 0 radical (unpaired) electrons. The molecule has 2 fully saturated rings. The molecule has 0 spiro atoms. The van der Waals surface area contributed by atoms with Crippen LogP contribution in [0.2, 0.25) is 0 Å². The van der Waals surface area contributed by atoms with E-state index in [1.807, 2.05) is 16.7 Å². The molecule has 3 heterocycles. The van der Waals surface area contributed by atoms with Gasteiger partial charge in [0.15, 0.2) is 0 Å². The molecule has 4 nitrogen and oxygen atoms in total. The molecule has 1 aromatic rings. The van der Waals surface area contributed by atoms with Gasteiger partial charge in [0.05, 0.1) is 6.10 Å². The summed E-state index contributed by atoms with van der Waals surface area (Å²) in [7, 11) is 0. The summed E-state index contributed by atoms with van der Waals surface area (Å²) in [5.74, 6) is 1.21. The van der Waals surface area contributed by atoms with Gasteiger partial charge in [-0.2, -0.15) is 16.2 Å². The van der Waals surface area contributed by atoms with Crippen LogP contribution >= 0.6 is 11.8 Å². The number of thioether (sulfide) groups is 1. The Morgan fingerprint density at radius 3 is 3.05 bits per heavy atom. The van der Waals surface area contributed by atoms with Gasteiger partial charge in [-0.1, -0.05) is 6.07 Å². The average Bonchev–Trinajstić information content (AvgIpc) is 3.17. The zero-order chi connectivity index (χ0) is 14.7. The predicted molar refractivity (Wildman–Crippen MR) is 79.9 cm³/mol. The van der Waals surface area contributed by atoms with E-state index in [4.69, 9.17) is 4.74 Å². The van der Waals surface area contributed by atoms with Crippen LogP contribution in [-0.2, 0) is 4.74 Å². The lowest BCUT2D eigenvalue weighted by molar-refractivity contribution is 0.0436. The highest BCUT2D eigenvalue weighted by atomic mass is 32.2. The summed E-state index contributed by atoms with van der Waals surface area (Å²) in [4.78, 5) is 18.3. The van der Waals surface area contributed by atoms with Gasteiger partial charge in [-0.3, -0.25) is 4.79 Å². The zero-order valence-electron chi connectivity index (χ0n) is 11.8. The van der Waals surface area contributed by atoms with E-state index in [9.17, 15) is 9.18 Å². The lowest BCUT2D eigenvalue weighted by atomic mass is 10.1. The Bertz CT molecular complexity index is 502. The fourth-order valence-electron chi connectivity index (χ4n) is 2.85. The first-order chi connectivity index (χ1) is 10.2. The van der Waals surface area contributed by atoms with Gasteiger partial charge >= 0.3 is 0 Å². The highest BCUT2D eigenvalue weighted by molar-refractivity contribution is 7.99. The highest BCUT2D eigenvalue weighted by Crippen LogP contribution is 2.25. The minimum absolute atomic E-state index is 0.105. The quantitative estimate of drug-likeness (QED) is 0.801. The number of halogens is 1. The number of aromatic nitrogens is 1. The minimum Gasteiger partial charge on any atom is -0.376 e. The van der Waals surface area contributed by atoms with Crippen LogP contribution in [0.3, 0.4) is 0 Å². The smallest absolute Gasteiger partial charge is 0.272 e. The van der Waals surface area contributed by atoms with Crippen molar-refractivity contribution < 1.29 is 13.9 Å². The minimum atomic E-state index is -0.612. The van der Waals surface area contributed by atoms with Gasteiger partial charge in [0.25, 0.3) is 5.91 Å². The van der Waals surface area contributed by atoms with Crippen LogP contribution in [0, 0.1) is 5.95 Å². The first kappa shape index (κ1) is 14.8.